The van der Waals surface area contributed by atoms with E-state index in [2.05, 4.69) is 24.9 Å². The second-order valence-corrected chi connectivity index (χ2v) is 8.26. The Morgan fingerprint density at radius 2 is 1.55 bits per heavy atom. The van der Waals surface area contributed by atoms with Crippen LogP contribution in [0.3, 0.4) is 0 Å². The van der Waals surface area contributed by atoms with Gasteiger partial charge in [-0.05, 0) is 49.9 Å². The molecule has 4 heteroatoms. The van der Waals surface area contributed by atoms with E-state index in [-0.39, 0.29) is 5.78 Å². The lowest BCUT2D eigenvalue weighted by molar-refractivity contribution is -0.127. The highest BCUT2D eigenvalue weighted by Gasteiger charge is 2.18. The first-order chi connectivity index (χ1) is 15.0. The fourth-order valence-corrected chi connectivity index (χ4v) is 3.50. The largest absolute Gasteiger partial charge is 0.451 e. The van der Waals surface area contributed by atoms with Crippen LogP contribution in [0.4, 0.5) is 0 Å². The number of carbonyl (C=O) groups excluding carboxylic acids is 2. The summed E-state index contributed by atoms with van der Waals surface area (Å²) in [5, 5.41) is 0. The quantitative estimate of drug-likeness (QED) is 0.243. The maximum Gasteiger partial charge on any atom is 0.338 e. The predicted octanol–water partition coefficient (Wildman–Crippen LogP) is 6.96. The van der Waals surface area contributed by atoms with Gasteiger partial charge in [-0.15, -0.1) is 0 Å². The normalized spacial score (nSPS) is 11.8. The number of esters is 1. The summed E-state index contributed by atoms with van der Waals surface area (Å²) < 4.78 is 5.37. The molecule has 0 saturated carbocycles. The molecule has 0 amide bonds. The molecule has 1 atom stereocenters. The van der Waals surface area contributed by atoms with Gasteiger partial charge in [0.25, 0.3) is 0 Å². The van der Waals surface area contributed by atoms with Crippen molar-refractivity contribution < 1.29 is 14.3 Å². The van der Waals surface area contributed by atoms with Gasteiger partial charge in [-0.2, -0.15) is 0 Å². The van der Waals surface area contributed by atoms with E-state index in [1.807, 2.05) is 24.4 Å². The second kappa shape index (κ2) is 13.7. The van der Waals surface area contributed by atoms with Gasteiger partial charge in [0.05, 0.1) is 11.3 Å². The molecular weight excluding hydrogens is 386 g/mol. The van der Waals surface area contributed by atoms with Crippen molar-refractivity contribution in [2.24, 2.45) is 0 Å². The smallest absolute Gasteiger partial charge is 0.338 e. The van der Waals surface area contributed by atoms with E-state index < -0.39 is 12.1 Å². The summed E-state index contributed by atoms with van der Waals surface area (Å²) in [4.78, 5) is 29.1. The number of carbonyl (C=O) groups is 2. The van der Waals surface area contributed by atoms with Gasteiger partial charge in [-0.3, -0.25) is 9.78 Å². The van der Waals surface area contributed by atoms with E-state index in [1.54, 1.807) is 19.1 Å². The molecule has 2 rings (SSSR count). The van der Waals surface area contributed by atoms with Gasteiger partial charge in [0, 0.05) is 18.2 Å². The maximum atomic E-state index is 12.4. The summed E-state index contributed by atoms with van der Waals surface area (Å²) in [5.74, 6) is -0.476. The molecule has 1 aromatic heterocycles. The molecule has 1 unspecified atom stereocenters. The fraction of sp³-hybridized carbons (Fsp3) is 0.519. The zero-order chi connectivity index (χ0) is 22.5. The fourth-order valence-electron chi connectivity index (χ4n) is 3.50. The number of nitrogens with zero attached hydrogens (tertiary/aromatic N) is 1. The van der Waals surface area contributed by atoms with Gasteiger partial charge in [0.15, 0.2) is 11.9 Å². The summed E-state index contributed by atoms with van der Waals surface area (Å²) >= 11 is 0. The number of unbranched alkanes of at least 4 members (excludes halogenated alkanes) is 6. The standard InChI is InChI=1S/C27H37NO3/c1-4-6-8-10-12-22-14-19-25(28-20-22)23-15-17-24(18-16-23)27(30)31-21(3)26(29)13-11-9-7-5-2/h14-21H,4-13H2,1-3H3. The van der Waals surface area contributed by atoms with Crippen molar-refractivity contribution in [1.29, 1.82) is 0 Å². The Hall–Kier alpha value is -2.49. The van der Waals surface area contributed by atoms with Crippen molar-refractivity contribution in [2.75, 3.05) is 0 Å². The first-order valence-electron chi connectivity index (χ1n) is 11.8. The van der Waals surface area contributed by atoms with Crippen molar-refractivity contribution in [2.45, 2.75) is 91.1 Å². The monoisotopic (exact) mass is 423 g/mol. The van der Waals surface area contributed by atoms with Crippen molar-refractivity contribution >= 4 is 11.8 Å². The van der Waals surface area contributed by atoms with Crippen LogP contribution >= 0.6 is 0 Å². The minimum absolute atomic E-state index is 0.0138. The highest BCUT2D eigenvalue weighted by molar-refractivity contribution is 5.93. The van der Waals surface area contributed by atoms with Crippen molar-refractivity contribution in [3.05, 3.63) is 53.7 Å². The number of ether oxygens (including phenoxy) is 1. The van der Waals surface area contributed by atoms with Crippen LogP contribution in [0.5, 0.6) is 0 Å². The lowest BCUT2D eigenvalue weighted by atomic mass is 10.1. The maximum absolute atomic E-state index is 12.4. The lowest BCUT2D eigenvalue weighted by Gasteiger charge is -2.12. The molecule has 0 radical (unpaired) electrons. The molecule has 0 N–H and O–H groups in total. The average molecular weight is 424 g/mol. The highest BCUT2D eigenvalue weighted by atomic mass is 16.5. The number of hydrogen-bond acceptors (Lipinski definition) is 4. The molecule has 0 aliphatic carbocycles. The SMILES string of the molecule is CCCCCCC(=O)C(C)OC(=O)c1ccc(-c2ccc(CCCCCC)cn2)cc1. The first kappa shape index (κ1) is 24.8. The lowest BCUT2D eigenvalue weighted by Crippen LogP contribution is -2.24. The topological polar surface area (TPSA) is 56.3 Å². The Morgan fingerprint density at radius 1 is 0.871 bits per heavy atom. The third-order valence-corrected chi connectivity index (χ3v) is 5.57. The van der Waals surface area contributed by atoms with E-state index in [9.17, 15) is 9.59 Å². The van der Waals surface area contributed by atoms with Gasteiger partial charge in [-0.1, -0.05) is 70.6 Å². The Labute approximate surface area is 187 Å². The van der Waals surface area contributed by atoms with Crippen molar-refractivity contribution in [3.63, 3.8) is 0 Å². The van der Waals surface area contributed by atoms with E-state index in [1.165, 1.54) is 31.2 Å². The van der Waals surface area contributed by atoms with E-state index in [0.29, 0.717) is 12.0 Å². The van der Waals surface area contributed by atoms with Crippen molar-refractivity contribution in [3.8, 4) is 11.3 Å². The number of benzene rings is 1. The molecular formula is C27H37NO3. The molecule has 168 valence electrons. The van der Waals surface area contributed by atoms with Crippen LogP contribution in [0.15, 0.2) is 42.6 Å². The molecule has 0 spiro atoms. The number of rotatable bonds is 14. The third kappa shape index (κ3) is 8.64. The molecule has 4 nitrogen and oxygen atoms in total. The molecule has 1 aromatic carbocycles. The van der Waals surface area contributed by atoms with E-state index in [4.69, 9.17) is 4.74 Å². The molecule has 0 aliphatic rings. The number of pyridine rings is 1. The molecule has 1 heterocycles. The Kier molecular flexibility index (Phi) is 11.0. The Morgan fingerprint density at radius 3 is 2.16 bits per heavy atom. The minimum atomic E-state index is -0.708. The summed E-state index contributed by atoms with van der Waals surface area (Å²) in [5.41, 5.74) is 3.54. The van der Waals surface area contributed by atoms with Crippen molar-refractivity contribution in [1.82, 2.24) is 4.98 Å². The average Bonchev–Trinajstić information content (AvgIpc) is 2.80. The van der Waals surface area contributed by atoms with Crippen LogP contribution < -0.4 is 0 Å². The molecule has 0 fully saturated rings. The van der Waals surface area contributed by atoms with E-state index in [0.717, 1.165) is 43.4 Å². The molecule has 0 bridgehead atoms. The van der Waals surface area contributed by atoms with Gasteiger partial charge < -0.3 is 4.74 Å². The van der Waals surface area contributed by atoms with Crippen LogP contribution in [0.1, 0.15) is 94.5 Å². The van der Waals surface area contributed by atoms with Gasteiger partial charge in [0.1, 0.15) is 0 Å². The van der Waals surface area contributed by atoms with Crippen LogP contribution in [0.25, 0.3) is 11.3 Å². The van der Waals surface area contributed by atoms with Gasteiger partial charge in [0.2, 0.25) is 0 Å². The molecule has 31 heavy (non-hydrogen) atoms. The zero-order valence-electron chi connectivity index (χ0n) is 19.4. The summed E-state index contributed by atoms with van der Waals surface area (Å²) in [7, 11) is 0. The zero-order valence-corrected chi connectivity index (χ0v) is 19.4. The van der Waals surface area contributed by atoms with Crippen LogP contribution in [0.2, 0.25) is 0 Å². The first-order valence-corrected chi connectivity index (χ1v) is 11.8. The molecule has 0 aliphatic heterocycles. The number of ketones is 1. The molecule has 0 saturated heterocycles. The summed E-state index contributed by atoms with van der Waals surface area (Å²) in [6.07, 6.45) is 11.9. The van der Waals surface area contributed by atoms with Crippen LogP contribution in [-0.4, -0.2) is 22.8 Å². The molecule has 2 aromatic rings. The van der Waals surface area contributed by atoms with E-state index >= 15 is 0 Å². The third-order valence-electron chi connectivity index (χ3n) is 5.57. The number of aromatic nitrogens is 1. The summed E-state index contributed by atoms with van der Waals surface area (Å²) in [6, 6.07) is 11.4. The van der Waals surface area contributed by atoms with Gasteiger partial charge in [-0.25, -0.2) is 4.79 Å². The van der Waals surface area contributed by atoms with Gasteiger partial charge >= 0.3 is 5.97 Å². The number of aryl methyl sites for hydroxylation is 1. The number of hydrogen-bond donors (Lipinski definition) is 0. The predicted molar refractivity (Wildman–Crippen MR) is 126 cm³/mol. The highest BCUT2D eigenvalue weighted by Crippen LogP contribution is 2.19. The Balaban J connectivity index is 1.86. The number of Topliss-reactive ketones (excluding diaryl/α,β-unsaturated/α-hetero) is 1. The van der Waals surface area contributed by atoms with Crippen LogP contribution in [0, 0.1) is 0 Å². The van der Waals surface area contributed by atoms with Crippen LogP contribution in [-0.2, 0) is 16.0 Å². The second-order valence-electron chi connectivity index (χ2n) is 8.26. The summed E-state index contributed by atoms with van der Waals surface area (Å²) in [6.45, 7) is 6.01. The minimum Gasteiger partial charge on any atom is -0.451 e. The Bertz CT molecular complexity index is 796.